The van der Waals surface area contributed by atoms with Gasteiger partial charge in [-0.15, -0.1) is 0 Å². The van der Waals surface area contributed by atoms with Crippen molar-refractivity contribution in [2.45, 2.75) is 32.0 Å². The standard InChI is InChI=1S/C18H18F2N2O3/c1-11-3-2-6-21(18(11)25)10-17(24)22-9-13(23)8-16(22)12-4-5-14(19)15(20)7-12/h2-7,13,16,23H,8-10H2,1H3. The Bertz CT molecular complexity index is 866. The van der Waals surface area contributed by atoms with Crippen LogP contribution in [-0.2, 0) is 11.3 Å². The molecule has 3 rings (SSSR count). The number of amides is 1. The molecule has 0 radical (unpaired) electrons. The largest absolute Gasteiger partial charge is 0.391 e. The Morgan fingerprint density at radius 2 is 2.04 bits per heavy atom. The highest BCUT2D eigenvalue weighted by Crippen LogP contribution is 2.33. The van der Waals surface area contributed by atoms with Crippen LogP contribution in [0, 0.1) is 18.6 Å². The van der Waals surface area contributed by atoms with Gasteiger partial charge in [-0.25, -0.2) is 8.78 Å². The number of β-amino-alcohol motifs (C(OH)–C–C–N with tert-alkyl or cyclic N) is 1. The highest BCUT2D eigenvalue weighted by Gasteiger charge is 2.35. The summed E-state index contributed by atoms with van der Waals surface area (Å²) in [6.45, 7) is 1.57. The van der Waals surface area contributed by atoms with E-state index in [2.05, 4.69) is 0 Å². The molecule has 2 unspecified atom stereocenters. The topological polar surface area (TPSA) is 62.5 Å². The number of rotatable bonds is 3. The Labute approximate surface area is 143 Å². The number of nitrogens with zero attached hydrogens (tertiary/aromatic N) is 2. The third kappa shape index (κ3) is 3.46. The first-order chi connectivity index (χ1) is 11.9. The van der Waals surface area contributed by atoms with E-state index in [1.165, 1.54) is 21.7 Å². The van der Waals surface area contributed by atoms with Gasteiger partial charge in [0.15, 0.2) is 11.6 Å². The quantitative estimate of drug-likeness (QED) is 0.920. The fourth-order valence-electron chi connectivity index (χ4n) is 3.14. The third-order valence-electron chi connectivity index (χ3n) is 4.44. The summed E-state index contributed by atoms with van der Waals surface area (Å²) in [7, 11) is 0. The molecule has 0 bridgehead atoms. The minimum Gasteiger partial charge on any atom is -0.391 e. The van der Waals surface area contributed by atoms with Crippen LogP contribution < -0.4 is 5.56 Å². The first-order valence-electron chi connectivity index (χ1n) is 7.95. The Morgan fingerprint density at radius 1 is 1.28 bits per heavy atom. The van der Waals surface area contributed by atoms with E-state index in [9.17, 15) is 23.5 Å². The number of halogens is 2. The van der Waals surface area contributed by atoms with Crippen molar-refractivity contribution in [3.8, 4) is 0 Å². The number of aliphatic hydroxyl groups excluding tert-OH is 1. The van der Waals surface area contributed by atoms with Gasteiger partial charge >= 0.3 is 0 Å². The molecule has 25 heavy (non-hydrogen) atoms. The van der Waals surface area contributed by atoms with Gasteiger partial charge in [0, 0.05) is 18.3 Å². The second kappa shape index (κ2) is 6.76. The van der Waals surface area contributed by atoms with Gasteiger partial charge in [0.1, 0.15) is 6.54 Å². The fraction of sp³-hybridized carbons (Fsp3) is 0.333. The summed E-state index contributed by atoms with van der Waals surface area (Å²) in [4.78, 5) is 26.1. The maximum atomic E-state index is 13.5. The average molecular weight is 348 g/mol. The van der Waals surface area contributed by atoms with Crippen molar-refractivity contribution in [3.63, 3.8) is 0 Å². The molecular weight excluding hydrogens is 330 g/mol. The molecule has 132 valence electrons. The Hall–Kier alpha value is -2.54. The Kier molecular flexibility index (Phi) is 4.67. The monoisotopic (exact) mass is 348 g/mol. The lowest BCUT2D eigenvalue weighted by Gasteiger charge is -2.25. The van der Waals surface area contributed by atoms with Crippen molar-refractivity contribution in [1.82, 2.24) is 9.47 Å². The summed E-state index contributed by atoms with van der Waals surface area (Å²) in [5.74, 6) is -2.33. The molecule has 1 aliphatic rings. The van der Waals surface area contributed by atoms with E-state index in [-0.39, 0.29) is 31.0 Å². The predicted octanol–water partition coefficient (Wildman–Crippen LogP) is 1.77. The predicted molar refractivity (Wildman–Crippen MR) is 86.9 cm³/mol. The van der Waals surface area contributed by atoms with Crippen molar-refractivity contribution in [2.24, 2.45) is 0 Å². The Balaban J connectivity index is 1.86. The molecular formula is C18H18F2N2O3. The number of hydrogen-bond acceptors (Lipinski definition) is 3. The van der Waals surface area contributed by atoms with E-state index >= 15 is 0 Å². The van der Waals surface area contributed by atoms with E-state index in [4.69, 9.17) is 0 Å². The van der Waals surface area contributed by atoms with Crippen LogP contribution in [0.5, 0.6) is 0 Å². The molecule has 1 aromatic heterocycles. The fourth-order valence-corrected chi connectivity index (χ4v) is 3.14. The number of aromatic nitrogens is 1. The molecule has 0 aliphatic carbocycles. The molecule has 7 heteroatoms. The van der Waals surface area contributed by atoms with E-state index in [1.54, 1.807) is 19.1 Å². The zero-order valence-corrected chi connectivity index (χ0v) is 13.7. The van der Waals surface area contributed by atoms with Gasteiger partial charge < -0.3 is 14.6 Å². The zero-order chi connectivity index (χ0) is 18.1. The van der Waals surface area contributed by atoms with Crippen LogP contribution >= 0.6 is 0 Å². The number of likely N-dealkylation sites (tertiary alicyclic amines) is 1. The van der Waals surface area contributed by atoms with Gasteiger partial charge in [-0.1, -0.05) is 12.1 Å². The number of pyridine rings is 1. The number of benzene rings is 1. The summed E-state index contributed by atoms with van der Waals surface area (Å²) < 4.78 is 28.0. The van der Waals surface area contributed by atoms with E-state index < -0.39 is 23.8 Å². The maximum Gasteiger partial charge on any atom is 0.253 e. The van der Waals surface area contributed by atoms with Crippen LogP contribution in [0.4, 0.5) is 8.78 Å². The molecule has 2 aromatic rings. The van der Waals surface area contributed by atoms with Crippen LogP contribution in [0.2, 0.25) is 0 Å². The number of carbonyl (C=O) groups excluding carboxylic acids is 1. The average Bonchev–Trinajstić information content (AvgIpc) is 2.96. The third-order valence-corrected chi connectivity index (χ3v) is 4.44. The van der Waals surface area contributed by atoms with Crippen molar-refractivity contribution >= 4 is 5.91 Å². The zero-order valence-electron chi connectivity index (χ0n) is 13.7. The number of hydrogen-bond donors (Lipinski definition) is 1. The lowest BCUT2D eigenvalue weighted by Crippen LogP contribution is -2.37. The highest BCUT2D eigenvalue weighted by molar-refractivity contribution is 5.77. The SMILES string of the molecule is Cc1cccn(CC(=O)N2CC(O)CC2c2ccc(F)c(F)c2)c1=O. The molecule has 5 nitrogen and oxygen atoms in total. The lowest BCUT2D eigenvalue weighted by molar-refractivity contribution is -0.133. The summed E-state index contributed by atoms with van der Waals surface area (Å²) in [6, 6.07) is 6.22. The molecule has 0 spiro atoms. The van der Waals surface area contributed by atoms with Crippen molar-refractivity contribution < 1.29 is 18.7 Å². The molecule has 1 aromatic carbocycles. The van der Waals surface area contributed by atoms with Crippen LogP contribution in [0.1, 0.15) is 23.6 Å². The summed E-state index contributed by atoms with van der Waals surface area (Å²) >= 11 is 0. The first kappa shape index (κ1) is 17.3. The normalized spacial score (nSPS) is 20.1. The maximum absolute atomic E-state index is 13.5. The molecule has 2 atom stereocenters. The van der Waals surface area contributed by atoms with E-state index in [0.717, 1.165) is 12.1 Å². The molecule has 2 heterocycles. The number of carbonyl (C=O) groups is 1. The molecule has 1 fully saturated rings. The van der Waals surface area contributed by atoms with Gasteiger partial charge in [0.05, 0.1) is 12.1 Å². The minimum atomic E-state index is -0.999. The van der Waals surface area contributed by atoms with Crippen LogP contribution in [0.3, 0.4) is 0 Å². The van der Waals surface area contributed by atoms with E-state index in [1.807, 2.05) is 0 Å². The minimum absolute atomic E-state index is 0.0864. The smallest absolute Gasteiger partial charge is 0.253 e. The van der Waals surface area contributed by atoms with Crippen LogP contribution in [0.15, 0.2) is 41.3 Å². The molecule has 1 aliphatic heterocycles. The summed E-state index contributed by atoms with van der Waals surface area (Å²) in [5, 5.41) is 9.94. The number of aliphatic hydroxyl groups is 1. The van der Waals surface area contributed by atoms with Gasteiger partial charge in [-0.05, 0) is 37.1 Å². The summed E-state index contributed by atoms with van der Waals surface area (Å²) in [6.07, 6.45) is 1.00. The second-order valence-corrected chi connectivity index (χ2v) is 6.25. The van der Waals surface area contributed by atoms with Gasteiger partial charge in [-0.3, -0.25) is 9.59 Å². The Morgan fingerprint density at radius 3 is 2.76 bits per heavy atom. The molecule has 1 N–H and O–H groups in total. The second-order valence-electron chi connectivity index (χ2n) is 6.25. The van der Waals surface area contributed by atoms with Crippen molar-refractivity contribution in [3.05, 3.63) is 69.6 Å². The van der Waals surface area contributed by atoms with Gasteiger partial charge in [-0.2, -0.15) is 0 Å². The van der Waals surface area contributed by atoms with Crippen molar-refractivity contribution in [2.75, 3.05) is 6.54 Å². The van der Waals surface area contributed by atoms with Crippen molar-refractivity contribution in [1.29, 1.82) is 0 Å². The molecule has 1 amide bonds. The highest BCUT2D eigenvalue weighted by atomic mass is 19.2. The lowest BCUT2D eigenvalue weighted by atomic mass is 10.0. The summed E-state index contributed by atoms with van der Waals surface area (Å²) in [5.41, 5.74) is 0.675. The molecule has 0 saturated carbocycles. The van der Waals surface area contributed by atoms with Crippen LogP contribution in [-0.4, -0.2) is 33.1 Å². The van der Waals surface area contributed by atoms with Gasteiger partial charge in [0.2, 0.25) is 5.91 Å². The number of aryl methyl sites for hydroxylation is 1. The first-order valence-corrected chi connectivity index (χ1v) is 7.95. The van der Waals surface area contributed by atoms with Gasteiger partial charge in [0.25, 0.3) is 5.56 Å². The van der Waals surface area contributed by atoms with Crippen LogP contribution in [0.25, 0.3) is 0 Å². The van der Waals surface area contributed by atoms with E-state index in [0.29, 0.717) is 11.1 Å². The molecule has 1 saturated heterocycles.